The van der Waals surface area contributed by atoms with Gasteiger partial charge in [-0.25, -0.2) is 0 Å². The molecule has 0 saturated carbocycles. The van der Waals surface area contributed by atoms with Gasteiger partial charge in [0.1, 0.15) is 0 Å². The number of hydrogen-bond donors (Lipinski definition) is 2. The molecule has 2 aromatic carbocycles. The molecule has 0 bridgehead atoms. The third-order valence-corrected chi connectivity index (χ3v) is 5.66. The average Bonchev–Trinajstić information content (AvgIpc) is 3.22. The van der Waals surface area contributed by atoms with Gasteiger partial charge in [0.05, 0.1) is 11.7 Å². The molecule has 158 valence electrons. The van der Waals surface area contributed by atoms with Crippen LogP contribution in [0.2, 0.25) is 0 Å². The molecule has 0 aliphatic rings. The largest absolute Gasteiger partial charge is 0.355 e. The number of amides is 1. The molecule has 2 atom stereocenters. The molecule has 0 spiro atoms. The minimum atomic E-state index is 0.102. The van der Waals surface area contributed by atoms with Crippen LogP contribution in [0.25, 0.3) is 10.9 Å². The highest BCUT2D eigenvalue weighted by atomic mass is 16.1. The van der Waals surface area contributed by atoms with Crippen molar-refractivity contribution in [3.8, 4) is 0 Å². The summed E-state index contributed by atoms with van der Waals surface area (Å²) in [6.07, 6.45) is 6.98. The molecule has 0 aliphatic heterocycles. The van der Waals surface area contributed by atoms with Gasteiger partial charge in [-0.1, -0.05) is 42.5 Å². The maximum Gasteiger partial charge on any atom is 0.220 e. The van der Waals surface area contributed by atoms with Gasteiger partial charge in [-0.05, 0) is 62.5 Å². The number of H-pyrrole nitrogens is 1. The Bertz CT molecular complexity index is 948. The van der Waals surface area contributed by atoms with Crippen molar-refractivity contribution in [2.75, 3.05) is 20.6 Å². The molecule has 0 fully saturated rings. The van der Waals surface area contributed by atoms with Gasteiger partial charge < -0.3 is 10.2 Å². The van der Waals surface area contributed by atoms with Gasteiger partial charge in [-0.3, -0.25) is 9.89 Å². The number of aromatic amines is 1. The Labute approximate surface area is 179 Å². The van der Waals surface area contributed by atoms with Crippen molar-refractivity contribution in [3.05, 3.63) is 78.5 Å². The van der Waals surface area contributed by atoms with Crippen molar-refractivity contribution in [2.45, 2.75) is 37.6 Å². The van der Waals surface area contributed by atoms with Gasteiger partial charge in [-0.15, -0.1) is 6.58 Å². The quantitative estimate of drug-likeness (QED) is 0.469. The fourth-order valence-corrected chi connectivity index (χ4v) is 3.79. The number of benzene rings is 2. The van der Waals surface area contributed by atoms with Gasteiger partial charge in [0.15, 0.2) is 0 Å². The molecule has 1 aromatic heterocycles. The van der Waals surface area contributed by atoms with Gasteiger partial charge >= 0.3 is 0 Å². The lowest BCUT2D eigenvalue weighted by Crippen LogP contribution is -2.41. The van der Waals surface area contributed by atoms with Crippen molar-refractivity contribution in [2.24, 2.45) is 0 Å². The Kier molecular flexibility index (Phi) is 7.80. The smallest absolute Gasteiger partial charge is 0.220 e. The molecule has 2 N–H and O–H groups in total. The summed E-state index contributed by atoms with van der Waals surface area (Å²) >= 11 is 0. The molecule has 0 saturated heterocycles. The zero-order valence-electron chi connectivity index (χ0n) is 18.0. The Hall–Kier alpha value is -2.92. The SMILES string of the molecule is C=CCC[C@H](CC(=O)NC[C@H](Cc1ccc2[nH]ncc2c1)N(C)C)c1ccccc1. The van der Waals surface area contributed by atoms with Crippen LogP contribution in [0, 0.1) is 0 Å². The number of likely N-dealkylation sites (N-methyl/N-ethyl adjacent to an activating group) is 1. The lowest BCUT2D eigenvalue weighted by Gasteiger charge is -2.25. The summed E-state index contributed by atoms with van der Waals surface area (Å²) < 4.78 is 0. The van der Waals surface area contributed by atoms with E-state index in [0.29, 0.717) is 13.0 Å². The zero-order chi connectivity index (χ0) is 21.3. The highest BCUT2D eigenvalue weighted by Crippen LogP contribution is 2.25. The van der Waals surface area contributed by atoms with E-state index in [9.17, 15) is 4.79 Å². The monoisotopic (exact) mass is 404 g/mol. The summed E-state index contributed by atoms with van der Waals surface area (Å²) in [5, 5.41) is 11.4. The predicted octanol–water partition coefficient (Wildman–Crippen LogP) is 4.29. The molecular formula is C25H32N4O. The highest BCUT2D eigenvalue weighted by Gasteiger charge is 2.18. The zero-order valence-corrected chi connectivity index (χ0v) is 18.0. The number of nitrogens with zero attached hydrogens (tertiary/aromatic N) is 2. The Morgan fingerprint density at radius 3 is 2.77 bits per heavy atom. The van der Waals surface area contributed by atoms with Gasteiger partial charge in [0.25, 0.3) is 0 Å². The second-order valence-corrected chi connectivity index (χ2v) is 8.09. The Morgan fingerprint density at radius 2 is 2.03 bits per heavy atom. The molecule has 0 radical (unpaired) electrons. The summed E-state index contributed by atoms with van der Waals surface area (Å²) in [6.45, 7) is 4.45. The topological polar surface area (TPSA) is 61.0 Å². The number of aromatic nitrogens is 2. The van der Waals surface area contributed by atoms with Gasteiger partial charge in [-0.2, -0.15) is 5.10 Å². The Balaban J connectivity index is 1.58. The van der Waals surface area contributed by atoms with Crippen LogP contribution in [-0.4, -0.2) is 47.7 Å². The number of rotatable bonds is 11. The van der Waals surface area contributed by atoms with Gasteiger partial charge in [0, 0.05) is 24.4 Å². The summed E-state index contributed by atoms with van der Waals surface area (Å²) in [7, 11) is 4.12. The lowest BCUT2D eigenvalue weighted by molar-refractivity contribution is -0.121. The molecule has 30 heavy (non-hydrogen) atoms. The second kappa shape index (κ2) is 10.7. The first kappa shape index (κ1) is 21.8. The van der Waals surface area contributed by atoms with E-state index in [-0.39, 0.29) is 17.9 Å². The van der Waals surface area contributed by atoms with Crippen LogP contribution in [-0.2, 0) is 11.2 Å². The standard InChI is InChI=1S/C25H32N4O/c1-4-5-9-21(20-10-7-6-8-11-20)16-25(30)26-18-23(29(2)3)15-19-12-13-24-22(14-19)17-27-28-24/h4,6-8,10-14,17,21,23H,1,5,9,15-16,18H2,2-3H3,(H,26,30)(H,27,28)/t21-,23+/m1/s1. The maximum atomic E-state index is 12.7. The average molecular weight is 405 g/mol. The molecular weight excluding hydrogens is 372 g/mol. The summed E-state index contributed by atoms with van der Waals surface area (Å²) in [6, 6.07) is 16.9. The molecule has 1 heterocycles. The van der Waals surface area contributed by atoms with E-state index in [2.05, 4.69) is 71.4 Å². The number of carbonyl (C=O) groups is 1. The normalized spacial score (nSPS) is 13.3. The first-order valence-electron chi connectivity index (χ1n) is 10.6. The molecule has 0 aliphatic carbocycles. The molecule has 3 rings (SSSR count). The second-order valence-electron chi connectivity index (χ2n) is 8.09. The van der Waals surface area contributed by atoms with Crippen molar-refractivity contribution in [1.29, 1.82) is 0 Å². The molecule has 3 aromatic rings. The number of nitrogens with one attached hydrogen (secondary N) is 2. The molecule has 5 heteroatoms. The van der Waals surface area contributed by atoms with Crippen molar-refractivity contribution >= 4 is 16.8 Å². The van der Waals surface area contributed by atoms with E-state index in [1.807, 2.05) is 30.5 Å². The number of fused-ring (bicyclic) bond motifs is 1. The van der Waals surface area contributed by atoms with E-state index < -0.39 is 0 Å². The van der Waals surface area contributed by atoms with Crippen molar-refractivity contribution in [1.82, 2.24) is 20.4 Å². The summed E-state index contributed by atoms with van der Waals surface area (Å²) in [4.78, 5) is 14.9. The number of hydrogen-bond acceptors (Lipinski definition) is 3. The molecule has 0 unspecified atom stereocenters. The van der Waals surface area contributed by atoms with Crippen LogP contribution in [0.3, 0.4) is 0 Å². The van der Waals surface area contributed by atoms with E-state index >= 15 is 0 Å². The van der Waals surface area contributed by atoms with Crippen LogP contribution >= 0.6 is 0 Å². The van der Waals surface area contributed by atoms with Gasteiger partial charge in [0.2, 0.25) is 5.91 Å². The first-order valence-corrected chi connectivity index (χ1v) is 10.6. The van der Waals surface area contributed by atoms with E-state index in [0.717, 1.165) is 30.2 Å². The fraction of sp³-hybridized carbons (Fsp3) is 0.360. The maximum absolute atomic E-state index is 12.7. The Morgan fingerprint density at radius 1 is 1.23 bits per heavy atom. The van der Waals surface area contributed by atoms with Crippen LogP contribution in [0.1, 0.15) is 36.3 Å². The van der Waals surface area contributed by atoms with Crippen LogP contribution in [0.4, 0.5) is 0 Å². The highest BCUT2D eigenvalue weighted by molar-refractivity contribution is 5.78. The third-order valence-electron chi connectivity index (χ3n) is 5.66. The summed E-state index contributed by atoms with van der Waals surface area (Å²) in [5.74, 6) is 0.315. The third kappa shape index (κ3) is 6.04. The predicted molar refractivity (Wildman–Crippen MR) is 124 cm³/mol. The fourth-order valence-electron chi connectivity index (χ4n) is 3.79. The van der Waals surface area contributed by atoms with E-state index in [1.54, 1.807) is 0 Å². The van der Waals surface area contributed by atoms with E-state index in [1.165, 1.54) is 11.1 Å². The van der Waals surface area contributed by atoms with Crippen LogP contribution in [0.15, 0.2) is 67.4 Å². The minimum Gasteiger partial charge on any atom is -0.355 e. The van der Waals surface area contributed by atoms with E-state index in [4.69, 9.17) is 0 Å². The molecule has 5 nitrogen and oxygen atoms in total. The van der Waals surface area contributed by atoms with Crippen molar-refractivity contribution in [3.63, 3.8) is 0 Å². The summed E-state index contributed by atoms with van der Waals surface area (Å²) in [5.41, 5.74) is 3.50. The number of carbonyl (C=O) groups excluding carboxylic acids is 1. The van der Waals surface area contributed by atoms with Crippen LogP contribution in [0.5, 0.6) is 0 Å². The number of allylic oxidation sites excluding steroid dienone is 1. The minimum absolute atomic E-state index is 0.102. The lowest BCUT2D eigenvalue weighted by atomic mass is 9.91. The molecule has 1 amide bonds. The van der Waals surface area contributed by atoms with Crippen molar-refractivity contribution < 1.29 is 4.79 Å². The first-order chi connectivity index (χ1) is 14.6. The van der Waals surface area contributed by atoms with Crippen LogP contribution < -0.4 is 5.32 Å².